The van der Waals surface area contributed by atoms with Gasteiger partial charge in [-0.2, -0.15) is 15.0 Å². The standard InChI is InChI=1S/C15H20ClN5/c1-5-17-13-19-12(16)20-14(21-13)18-11-8-6-10(7-9-11)15(2,3)4/h6-9H,5H2,1-4H3,(H2,17,18,19,20,21). The molecule has 6 heteroatoms. The van der Waals surface area contributed by atoms with Gasteiger partial charge >= 0.3 is 0 Å². The van der Waals surface area contributed by atoms with Crippen LogP contribution in [0.25, 0.3) is 0 Å². The van der Waals surface area contributed by atoms with Gasteiger partial charge in [0, 0.05) is 12.2 Å². The molecule has 0 aliphatic rings. The zero-order valence-corrected chi connectivity index (χ0v) is 13.5. The van der Waals surface area contributed by atoms with Gasteiger partial charge in [-0.3, -0.25) is 0 Å². The van der Waals surface area contributed by atoms with Gasteiger partial charge in [0.1, 0.15) is 0 Å². The second-order valence-corrected chi connectivity index (χ2v) is 6.07. The summed E-state index contributed by atoms with van der Waals surface area (Å²) in [4.78, 5) is 12.3. The first-order chi connectivity index (χ1) is 9.88. The molecule has 5 nitrogen and oxygen atoms in total. The maximum Gasteiger partial charge on any atom is 0.233 e. The number of rotatable bonds is 4. The van der Waals surface area contributed by atoms with Crippen molar-refractivity contribution in [2.45, 2.75) is 33.1 Å². The number of benzene rings is 1. The molecule has 1 heterocycles. The molecule has 0 fully saturated rings. The molecule has 2 N–H and O–H groups in total. The number of nitrogens with one attached hydrogen (secondary N) is 2. The van der Waals surface area contributed by atoms with Crippen LogP contribution in [-0.2, 0) is 5.41 Å². The lowest BCUT2D eigenvalue weighted by Gasteiger charge is -2.19. The third-order valence-electron chi connectivity index (χ3n) is 2.95. The van der Waals surface area contributed by atoms with E-state index in [1.165, 1.54) is 5.56 Å². The fourth-order valence-corrected chi connectivity index (χ4v) is 1.99. The second-order valence-electron chi connectivity index (χ2n) is 5.73. The lowest BCUT2D eigenvalue weighted by atomic mass is 9.87. The van der Waals surface area contributed by atoms with Crippen molar-refractivity contribution in [3.8, 4) is 0 Å². The van der Waals surface area contributed by atoms with Gasteiger partial charge in [0.05, 0.1) is 0 Å². The molecular formula is C15H20ClN5. The molecule has 0 spiro atoms. The van der Waals surface area contributed by atoms with Crippen molar-refractivity contribution in [1.82, 2.24) is 15.0 Å². The Morgan fingerprint density at radius 2 is 1.62 bits per heavy atom. The van der Waals surface area contributed by atoms with E-state index >= 15 is 0 Å². The summed E-state index contributed by atoms with van der Waals surface area (Å²) >= 11 is 5.89. The van der Waals surface area contributed by atoms with Crippen molar-refractivity contribution in [3.05, 3.63) is 35.1 Å². The summed E-state index contributed by atoms with van der Waals surface area (Å²) in [5.74, 6) is 0.890. The van der Waals surface area contributed by atoms with Crippen molar-refractivity contribution in [2.75, 3.05) is 17.2 Å². The number of nitrogens with zero attached hydrogens (tertiary/aromatic N) is 3. The topological polar surface area (TPSA) is 62.7 Å². The normalized spacial score (nSPS) is 11.3. The Kier molecular flexibility index (Phi) is 4.63. The Morgan fingerprint density at radius 3 is 2.19 bits per heavy atom. The summed E-state index contributed by atoms with van der Waals surface area (Å²) < 4.78 is 0. The molecule has 21 heavy (non-hydrogen) atoms. The van der Waals surface area contributed by atoms with Gasteiger partial charge in [-0.05, 0) is 41.6 Å². The molecule has 2 rings (SSSR count). The summed E-state index contributed by atoms with van der Waals surface area (Å²) in [6.45, 7) is 9.24. The number of halogens is 1. The highest BCUT2D eigenvalue weighted by Gasteiger charge is 2.13. The van der Waals surface area contributed by atoms with Crippen LogP contribution < -0.4 is 10.6 Å². The first-order valence-electron chi connectivity index (χ1n) is 6.91. The molecule has 0 aliphatic heterocycles. The highest BCUT2D eigenvalue weighted by atomic mass is 35.5. The largest absolute Gasteiger partial charge is 0.354 e. The van der Waals surface area contributed by atoms with Crippen molar-refractivity contribution < 1.29 is 0 Å². The van der Waals surface area contributed by atoms with Crippen LogP contribution in [0.2, 0.25) is 5.28 Å². The van der Waals surface area contributed by atoms with E-state index in [1.54, 1.807) is 0 Å². The molecule has 0 saturated carbocycles. The molecule has 112 valence electrons. The van der Waals surface area contributed by atoms with Crippen LogP contribution in [-0.4, -0.2) is 21.5 Å². The van der Waals surface area contributed by atoms with Gasteiger partial charge in [0.25, 0.3) is 0 Å². The fourth-order valence-electron chi connectivity index (χ4n) is 1.83. The minimum atomic E-state index is 0.132. The van der Waals surface area contributed by atoms with E-state index in [0.717, 1.165) is 12.2 Å². The Bertz CT molecular complexity index is 604. The molecular weight excluding hydrogens is 286 g/mol. The van der Waals surface area contributed by atoms with Gasteiger partial charge in [-0.15, -0.1) is 0 Å². The third kappa shape index (κ3) is 4.29. The van der Waals surface area contributed by atoms with Gasteiger partial charge in [-0.1, -0.05) is 32.9 Å². The molecule has 0 saturated heterocycles. The van der Waals surface area contributed by atoms with E-state index in [2.05, 4.69) is 58.5 Å². The van der Waals surface area contributed by atoms with Crippen LogP contribution >= 0.6 is 11.6 Å². The molecule has 1 aromatic carbocycles. The maximum atomic E-state index is 5.89. The zero-order chi connectivity index (χ0) is 15.5. The summed E-state index contributed by atoms with van der Waals surface area (Å²) in [6.07, 6.45) is 0. The van der Waals surface area contributed by atoms with E-state index in [-0.39, 0.29) is 10.7 Å². The van der Waals surface area contributed by atoms with Crippen molar-refractivity contribution in [3.63, 3.8) is 0 Å². The lowest BCUT2D eigenvalue weighted by molar-refractivity contribution is 0.590. The molecule has 0 radical (unpaired) electrons. The van der Waals surface area contributed by atoms with Crippen LogP contribution in [0.15, 0.2) is 24.3 Å². The van der Waals surface area contributed by atoms with E-state index < -0.39 is 0 Å². The summed E-state index contributed by atoms with van der Waals surface area (Å²) in [6, 6.07) is 8.20. The number of anilines is 3. The van der Waals surface area contributed by atoms with Crippen molar-refractivity contribution >= 4 is 29.2 Å². The predicted molar refractivity (Wildman–Crippen MR) is 87.4 cm³/mol. The Labute approximate surface area is 130 Å². The highest BCUT2D eigenvalue weighted by molar-refractivity contribution is 6.28. The maximum absolute atomic E-state index is 5.89. The third-order valence-corrected chi connectivity index (χ3v) is 3.12. The molecule has 1 aromatic heterocycles. The van der Waals surface area contributed by atoms with Crippen LogP contribution in [0.3, 0.4) is 0 Å². The smallest absolute Gasteiger partial charge is 0.233 e. The first kappa shape index (κ1) is 15.5. The van der Waals surface area contributed by atoms with E-state index in [1.807, 2.05) is 19.1 Å². The molecule has 0 unspecified atom stereocenters. The van der Waals surface area contributed by atoms with Gasteiger partial charge < -0.3 is 10.6 Å². The average molecular weight is 306 g/mol. The van der Waals surface area contributed by atoms with Gasteiger partial charge in [0.15, 0.2) is 0 Å². The van der Waals surface area contributed by atoms with Gasteiger partial charge in [0.2, 0.25) is 17.2 Å². The Morgan fingerprint density at radius 1 is 1.00 bits per heavy atom. The SMILES string of the molecule is CCNc1nc(Cl)nc(Nc2ccc(C(C)(C)C)cc2)n1. The summed E-state index contributed by atoms with van der Waals surface area (Å²) in [5, 5.41) is 6.31. The molecule has 0 bridgehead atoms. The molecule has 2 aromatic rings. The number of hydrogen-bond donors (Lipinski definition) is 2. The monoisotopic (exact) mass is 305 g/mol. The van der Waals surface area contributed by atoms with E-state index in [0.29, 0.717) is 11.9 Å². The van der Waals surface area contributed by atoms with Crippen molar-refractivity contribution in [2.24, 2.45) is 0 Å². The van der Waals surface area contributed by atoms with E-state index in [9.17, 15) is 0 Å². The Hall–Kier alpha value is -1.88. The summed E-state index contributed by atoms with van der Waals surface area (Å²) in [7, 11) is 0. The zero-order valence-electron chi connectivity index (χ0n) is 12.7. The molecule has 0 atom stereocenters. The number of hydrogen-bond acceptors (Lipinski definition) is 5. The van der Waals surface area contributed by atoms with E-state index in [4.69, 9.17) is 11.6 Å². The number of aromatic nitrogens is 3. The van der Waals surface area contributed by atoms with Crippen LogP contribution in [0, 0.1) is 0 Å². The Balaban J connectivity index is 2.18. The van der Waals surface area contributed by atoms with Crippen LogP contribution in [0.4, 0.5) is 17.6 Å². The molecule has 0 aliphatic carbocycles. The highest BCUT2D eigenvalue weighted by Crippen LogP contribution is 2.24. The minimum Gasteiger partial charge on any atom is -0.354 e. The van der Waals surface area contributed by atoms with Crippen LogP contribution in [0.1, 0.15) is 33.3 Å². The minimum absolute atomic E-state index is 0.132. The van der Waals surface area contributed by atoms with Gasteiger partial charge in [-0.25, -0.2) is 0 Å². The van der Waals surface area contributed by atoms with Crippen LogP contribution in [0.5, 0.6) is 0 Å². The van der Waals surface area contributed by atoms with Crippen molar-refractivity contribution in [1.29, 1.82) is 0 Å². The predicted octanol–water partition coefficient (Wildman–Crippen LogP) is 4.00. The lowest BCUT2D eigenvalue weighted by Crippen LogP contribution is -2.10. The quantitative estimate of drug-likeness (QED) is 0.894. The molecule has 0 amide bonds. The first-order valence-corrected chi connectivity index (χ1v) is 7.29. The summed E-state index contributed by atoms with van der Waals surface area (Å²) in [5.41, 5.74) is 2.32. The second kappa shape index (κ2) is 6.26. The average Bonchev–Trinajstić information content (AvgIpc) is 2.38. The fraction of sp³-hybridized carbons (Fsp3) is 0.400.